The molecule has 0 saturated carbocycles. The number of halogens is 1. The van der Waals surface area contributed by atoms with Gasteiger partial charge in [-0.25, -0.2) is 8.42 Å². The summed E-state index contributed by atoms with van der Waals surface area (Å²) in [6.45, 7) is 1.69. The number of nitrogens with two attached hydrogens (primary N) is 1. The third-order valence-corrected chi connectivity index (χ3v) is 6.69. The van der Waals surface area contributed by atoms with Crippen LogP contribution in [0.1, 0.15) is 31.2 Å². The standard InChI is InChI=1S/C17H25N3O4S.ClH/c18-8-6-17(21)19-12-14-3-1-2-9-20(14)25(22,23)15-4-5-16-13(11-15)7-10-24-16;/h4-5,11,14H,1-3,6-10,12,18H2,(H,19,21);1H. The molecule has 9 heteroatoms. The highest BCUT2D eigenvalue weighted by Crippen LogP contribution is 2.31. The molecule has 0 aliphatic carbocycles. The van der Waals surface area contributed by atoms with Crippen molar-refractivity contribution >= 4 is 28.3 Å². The van der Waals surface area contributed by atoms with E-state index in [0.29, 0.717) is 24.6 Å². The molecule has 1 fully saturated rings. The second-order valence-electron chi connectivity index (χ2n) is 6.48. The van der Waals surface area contributed by atoms with Crippen molar-refractivity contribution in [2.45, 2.75) is 43.0 Å². The Kier molecular flexibility index (Phi) is 7.28. The molecule has 0 bridgehead atoms. The molecule has 0 radical (unpaired) electrons. The lowest BCUT2D eigenvalue weighted by molar-refractivity contribution is -0.121. The number of benzene rings is 1. The summed E-state index contributed by atoms with van der Waals surface area (Å²) in [5, 5.41) is 2.80. The molecule has 3 rings (SSSR count). The predicted octanol–water partition coefficient (Wildman–Crippen LogP) is 1.05. The van der Waals surface area contributed by atoms with E-state index in [1.807, 2.05) is 0 Å². The van der Waals surface area contributed by atoms with E-state index in [2.05, 4.69) is 5.32 Å². The van der Waals surface area contributed by atoms with Crippen molar-refractivity contribution in [3.05, 3.63) is 23.8 Å². The molecule has 0 spiro atoms. The van der Waals surface area contributed by atoms with E-state index >= 15 is 0 Å². The van der Waals surface area contributed by atoms with Gasteiger partial charge in [-0.3, -0.25) is 4.79 Å². The minimum absolute atomic E-state index is 0. The van der Waals surface area contributed by atoms with E-state index in [-0.39, 0.29) is 37.3 Å². The fourth-order valence-corrected chi connectivity index (χ4v) is 5.15. The number of hydrogen-bond acceptors (Lipinski definition) is 5. The van der Waals surface area contributed by atoms with Gasteiger partial charge in [-0.2, -0.15) is 4.31 Å². The molecule has 1 saturated heterocycles. The van der Waals surface area contributed by atoms with Gasteiger partial charge in [0.15, 0.2) is 0 Å². The Morgan fingerprint density at radius 3 is 2.92 bits per heavy atom. The van der Waals surface area contributed by atoms with Crippen LogP contribution in [-0.4, -0.2) is 50.9 Å². The minimum atomic E-state index is -3.59. The van der Waals surface area contributed by atoms with Crippen LogP contribution in [0.2, 0.25) is 0 Å². The average Bonchev–Trinajstić information content (AvgIpc) is 3.08. The van der Waals surface area contributed by atoms with Gasteiger partial charge in [0.1, 0.15) is 5.75 Å². The van der Waals surface area contributed by atoms with Gasteiger partial charge >= 0.3 is 0 Å². The minimum Gasteiger partial charge on any atom is -0.493 e. The largest absolute Gasteiger partial charge is 0.493 e. The molecule has 26 heavy (non-hydrogen) atoms. The molecule has 7 nitrogen and oxygen atoms in total. The lowest BCUT2D eigenvalue weighted by atomic mass is 10.1. The average molecular weight is 404 g/mol. The van der Waals surface area contributed by atoms with Crippen molar-refractivity contribution in [2.24, 2.45) is 5.73 Å². The first-order valence-corrected chi connectivity index (χ1v) is 10.2. The molecule has 0 aromatic heterocycles. The Hall–Kier alpha value is -1.35. The van der Waals surface area contributed by atoms with Gasteiger partial charge in [0, 0.05) is 38.5 Å². The topological polar surface area (TPSA) is 102 Å². The van der Waals surface area contributed by atoms with E-state index < -0.39 is 10.0 Å². The summed E-state index contributed by atoms with van der Waals surface area (Å²) in [5.74, 6) is 0.628. The van der Waals surface area contributed by atoms with Crippen LogP contribution in [0.5, 0.6) is 5.75 Å². The summed E-state index contributed by atoms with van der Waals surface area (Å²) < 4.78 is 33.2. The number of hydrogen-bond donors (Lipinski definition) is 2. The predicted molar refractivity (Wildman–Crippen MR) is 101 cm³/mol. The second kappa shape index (κ2) is 9.03. The summed E-state index contributed by atoms with van der Waals surface area (Å²) in [6.07, 6.45) is 3.53. The SMILES string of the molecule is Cl.NCCC(=O)NCC1CCCCN1S(=O)(=O)c1ccc2c(c1)CCO2. The Bertz CT molecular complexity index is 742. The van der Waals surface area contributed by atoms with Crippen molar-refractivity contribution in [1.82, 2.24) is 9.62 Å². The van der Waals surface area contributed by atoms with Crippen molar-refractivity contribution in [3.63, 3.8) is 0 Å². The Labute approximate surface area is 160 Å². The van der Waals surface area contributed by atoms with Gasteiger partial charge in [-0.05, 0) is 36.6 Å². The van der Waals surface area contributed by atoms with Gasteiger partial charge in [0.2, 0.25) is 15.9 Å². The van der Waals surface area contributed by atoms with Crippen LogP contribution >= 0.6 is 12.4 Å². The molecule has 3 N–H and O–H groups in total. The maximum absolute atomic E-state index is 13.1. The second-order valence-corrected chi connectivity index (χ2v) is 8.37. The third-order valence-electron chi connectivity index (χ3n) is 4.75. The Balaban J connectivity index is 0.00000243. The zero-order valence-corrected chi connectivity index (χ0v) is 16.3. The Morgan fingerprint density at radius 2 is 2.15 bits per heavy atom. The van der Waals surface area contributed by atoms with Gasteiger partial charge in [-0.15, -0.1) is 12.4 Å². The number of amides is 1. The monoisotopic (exact) mass is 403 g/mol. The van der Waals surface area contributed by atoms with E-state index in [1.165, 1.54) is 4.31 Å². The molecule has 1 amide bonds. The number of sulfonamides is 1. The molecule has 2 aliphatic rings. The molecular weight excluding hydrogens is 378 g/mol. The first kappa shape index (κ1) is 21.0. The van der Waals surface area contributed by atoms with Crippen LogP contribution < -0.4 is 15.8 Å². The zero-order valence-electron chi connectivity index (χ0n) is 14.6. The quantitative estimate of drug-likeness (QED) is 0.739. The lowest BCUT2D eigenvalue weighted by Crippen LogP contribution is -2.49. The smallest absolute Gasteiger partial charge is 0.243 e. The number of nitrogens with one attached hydrogen (secondary N) is 1. The van der Waals surface area contributed by atoms with Gasteiger partial charge < -0.3 is 15.8 Å². The van der Waals surface area contributed by atoms with Gasteiger partial charge in [0.25, 0.3) is 0 Å². The number of carbonyl (C=O) groups is 1. The first-order valence-electron chi connectivity index (χ1n) is 8.76. The number of carbonyl (C=O) groups excluding carboxylic acids is 1. The van der Waals surface area contributed by atoms with Crippen molar-refractivity contribution in [1.29, 1.82) is 0 Å². The van der Waals surface area contributed by atoms with Crippen LogP contribution in [0.15, 0.2) is 23.1 Å². The normalized spacial score (nSPS) is 20.0. The fraction of sp³-hybridized carbons (Fsp3) is 0.588. The molecule has 1 aromatic rings. The van der Waals surface area contributed by atoms with Crippen LogP contribution in [0, 0.1) is 0 Å². The van der Waals surface area contributed by atoms with Crippen molar-refractivity contribution in [3.8, 4) is 5.75 Å². The summed E-state index contributed by atoms with van der Waals surface area (Å²) in [7, 11) is -3.59. The molecule has 2 aliphatic heterocycles. The number of piperidine rings is 1. The summed E-state index contributed by atoms with van der Waals surface area (Å²) in [6, 6.07) is 4.84. The first-order chi connectivity index (χ1) is 12.0. The fourth-order valence-electron chi connectivity index (χ4n) is 3.40. The van der Waals surface area contributed by atoms with Gasteiger partial charge in [0.05, 0.1) is 11.5 Å². The number of fused-ring (bicyclic) bond motifs is 1. The maximum atomic E-state index is 13.1. The number of nitrogens with zero attached hydrogens (tertiary/aromatic N) is 1. The van der Waals surface area contributed by atoms with E-state index in [0.717, 1.165) is 37.0 Å². The molecule has 1 atom stereocenters. The molecule has 146 valence electrons. The molecular formula is C17H26ClN3O4S. The van der Waals surface area contributed by atoms with E-state index in [9.17, 15) is 13.2 Å². The zero-order chi connectivity index (χ0) is 17.9. The third kappa shape index (κ3) is 4.49. The van der Waals surface area contributed by atoms with E-state index in [1.54, 1.807) is 18.2 Å². The summed E-state index contributed by atoms with van der Waals surface area (Å²) in [4.78, 5) is 12.0. The molecule has 1 unspecified atom stereocenters. The van der Waals surface area contributed by atoms with Crippen molar-refractivity contribution in [2.75, 3.05) is 26.2 Å². The number of rotatable bonds is 6. The van der Waals surface area contributed by atoms with Crippen LogP contribution in [-0.2, 0) is 21.2 Å². The highest BCUT2D eigenvalue weighted by molar-refractivity contribution is 7.89. The highest BCUT2D eigenvalue weighted by atomic mass is 35.5. The number of ether oxygens (including phenoxy) is 1. The van der Waals surface area contributed by atoms with Gasteiger partial charge in [-0.1, -0.05) is 6.42 Å². The van der Waals surface area contributed by atoms with Crippen molar-refractivity contribution < 1.29 is 17.9 Å². The van der Waals surface area contributed by atoms with Crippen LogP contribution in [0.3, 0.4) is 0 Å². The van der Waals surface area contributed by atoms with E-state index in [4.69, 9.17) is 10.5 Å². The van der Waals surface area contributed by atoms with Crippen LogP contribution in [0.4, 0.5) is 0 Å². The lowest BCUT2D eigenvalue weighted by Gasteiger charge is -2.34. The highest BCUT2D eigenvalue weighted by Gasteiger charge is 2.34. The maximum Gasteiger partial charge on any atom is 0.243 e. The Morgan fingerprint density at radius 1 is 1.35 bits per heavy atom. The molecule has 2 heterocycles. The van der Waals surface area contributed by atoms with Crippen LogP contribution in [0.25, 0.3) is 0 Å². The summed E-state index contributed by atoms with van der Waals surface area (Å²) >= 11 is 0. The summed E-state index contributed by atoms with van der Waals surface area (Å²) in [5.41, 5.74) is 6.31. The molecule has 1 aromatic carbocycles.